The molecule has 27 heavy (non-hydrogen) atoms. The van der Waals surface area contributed by atoms with Gasteiger partial charge in [-0.1, -0.05) is 47.1 Å². The molecule has 3 aromatic rings. The summed E-state index contributed by atoms with van der Waals surface area (Å²) in [6.45, 7) is 2.20. The first-order valence-corrected chi connectivity index (χ1v) is 8.66. The third-order valence-corrected chi connectivity index (χ3v) is 4.24. The molecule has 0 saturated carbocycles. The second-order valence-corrected chi connectivity index (χ2v) is 6.69. The molecule has 0 saturated heterocycles. The molecule has 1 amide bonds. The Hall–Kier alpha value is -2.99. The van der Waals surface area contributed by atoms with Crippen molar-refractivity contribution in [2.75, 3.05) is 14.1 Å². The molecule has 1 unspecified atom stereocenters. The molecular formula is C21H22FN3O2. The van der Waals surface area contributed by atoms with Gasteiger partial charge in [0, 0.05) is 11.6 Å². The molecule has 0 fully saturated rings. The van der Waals surface area contributed by atoms with Crippen LogP contribution in [0.4, 0.5) is 4.39 Å². The highest BCUT2D eigenvalue weighted by molar-refractivity contribution is 5.83. The van der Waals surface area contributed by atoms with Crippen LogP contribution in [0.5, 0.6) is 0 Å². The smallest absolute Gasteiger partial charge is 0.242 e. The second kappa shape index (κ2) is 8.14. The van der Waals surface area contributed by atoms with Crippen LogP contribution in [0.3, 0.4) is 0 Å². The van der Waals surface area contributed by atoms with Gasteiger partial charge in [0.25, 0.3) is 0 Å². The number of carbonyl (C=O) groups excluding carboxylic acids is 1. The molecule has 0 aliphatic carbocycles. The summed E-state index contributed by atoms with van der Waals surface area (Å²) in [5.74, 6) is 0.0380. The van der Waals surface area contributed by atoms with Crippen LogP contribution in [-0.4, -0.2) is 30.1 Å². The summed E-state index contributed by atoms with van der Waals surface area (Å²) in [5.41, 5.74) is 3.18. The Morgan fingerprint density at radius 1 is 1.19 bits per heavy atom. The zero-order valence-electron chi connectivity index (χ0n) is 15.6. The molecule has 3 rings (SSSR count). The van der Waals surface area contributed by atoms with Crippen molar-refractivity contribution in [1.82, 2.24) is 15.4 Å². The number of amides is 1. The standard InChI is InChI=1S/C21H22FN3O2/c1-14-6-4-8-16(10-14)20(25(2)3)21(26)23-13-18-12-19(24-27-18)15-7-5-9-17(22)11-15/h4-12,20H,13H2,1-3H3,(H,23,26). The average molecular weight is 367 g/mol. The van der Waals surface area contributed by atoms with Gasteiger partial charge in [0.2, 0.25) is 5.91 Å². The molecule has 5 nitrogen and oxygen atoms in total. The van der Waals surface area contributed by atoms with Crippen LogP contribution in [0, 0.1) is 12.7 Å². The average Bonchev–Trinajstić information content (AvgIpc) is 3.09. The molecule has 0 spiro atoms. The molecule has 0 bridgehead atoms. The SMILES string of the molecule is Cc1cccc(C(C(=O)NCc2cc(-c3cccc(F)c3)no2)N(C)C)c1. The summed E-state index contributed by atoms with van der Waals surface area (Å²) >= 11 is 0. The molecule has 1 heterocycles. The molecule has 1 aromatic heterocycles. The van der Waals surface area contributed by atoms with Gasteiger partial charge in [-0.2, -0.15) is 0 Å². The van der Waals surface area contributed by atoms with Gasteiger partial charge in [-0.15, -0.1) is 0 Å². The van der Waals surface area contributed by atoms with E-state index in [1.807, 2.05) is 50.2 Å². The maximum Gasteiger partial charge on any atom is 0.242 e. The van der Waals surface area contributed by atoms with Crippen LogP contribution in [-0.2, 0) is 11.3 Å². The maximum absolute atomic E-state index is 13.3. The van der Waals surface area contributed by atoms with E-state index in [0.29, 0.717) is 17.0 Å². The highest BCUT2D eigenvalue weighted by Gasteiger charge is 2.23. The number of aromatic nitrogens is 1. The largest absolute Gasteiger partial charge is 0.359 e. The summed E-state index contributed by atoms with van der Waals surface area (Å²) < 4.78 is 18.6. The molecule has 0 radical (unpaired) electrons. The normalized spacial score (nSPS) is 12.2. The van der Waals surface area contributed by atoms with E-state index in [0.717, 1.165) is 11.1 Å². The first-order chi connectivity index (χ1) is 12.9. The minimum atomic E-state index is -0.407. The predicted molar refractivity (Wildman–Crippen MR) is 101 cm³/mol. The summed E-state index contributed by atoms with van der Waals surface area (Å²) in [6.07, 6.45) is 0. The molecule has 1 N–H and O–H groups in total. The number of likely N-dealkylation sites (N-methyl/N-ethyl adjacent to an activating group) is 1. The number of nitrogens with one attached hydrogen (secondary N) is 1. The fourth-order valence-electron chi connectivity index (χ4n) is 2.98. The van der Waals surface area contributed by atoms with E-state index in [-0.39, 0.29) is 18.3 Å². The monoisotopic (exact) mass is 367 g/mol. The van der Waals surface area contributed by atoms with E-state index in [1.54, 1.807) is 18.2 Å². The lowest BCUT2D eigenvalue weighted by Crippen LogP contribution is -2.36. The Labute approximate surface area is 157 Å². The summed E-state index contributed by atoms with van der Waals surface area (Å²) in [4.78, 5) is 14.6. The van der Waals surface area contributed by atoms with Gasteiger partial charge in [-0.05, 0) is 38.7 Å². The Morgan fingerprint density at radius 2 is 1.96 bits per heavy atom. The van der Waals surface area contributed by atoms with E-state index in [2.05, 4.69) is 10.5 Å². The van der Waals surface area contributed by atoms with E-state index in [9.17, 15) is 9.18 Å². The summed E-state index contributed by atoms with van der Waals surface area (Å²) in [7, 11) is 3.73. The number of aryl methyl sites for hydroxylation is 1. The number of halogens is 1. The Balaban J connectivity index is 1.69. The zero-order chi connectivity index (χ0) is 19.4. The fourth-order valence-corrected chi connectivity index (χ4v) is 2.98. The lowest BCUT2D eigenvalue weighted by molar-refractivity contribution is -0.126. The van der Waals surface area contributed by atoms with Crippen molar-refractivity contribution < 1.29 is 13.7 Å². The zero-order valence-corrected chi connectivity index (χ0v) is 15.6. The molecule has 1 atom stereocenters. The van der Waals surface area contributed by atoms with Crippen molar-refractivity contribution >= 4 is 5.91 Å². The van der Waals surface area contributed by atoms with E-state index in [1.165, 1.54) is 12.1 Å². The van der Waals surface area contributed by atoms with Crippen molar-refractivity contribution in [3.8, 4) is 11.3 Å². The van der Waals surface area contributed by atoms with Crippen molar-refractivity contribution in [3.63, 3.8) is 0 Å². The summed E-state index contributed by atoms with van der Waals surface area (Å²) in [5, 5.41) is 6.84. The van der Waals surface area contributed by atoms with Crippen LogP contribution in [0.1, 0.15) is 22.9 Å². The number of benzene rings is 2. The second-order valence-electron chi connectivity index (χ2n) is 6.69. The van der Waals surface area contributed by atoms with Gasteiger partial charge >= 0.3 is 0 Å². The van der Waals surface area contributed by atoms with Gasteiger partial charge in [0.05, 0.1) is 6.54 Å². The predicted octanol–water partition coefficient (Wildman–Crippen LogP) is 3.71. The molecular weight excluding hydrogens is 345 g/mol. The molecule has 0 aliphatic heterocycles. The molecule has 2 aromatic carbocycles. The van der Waals surface area contributed by atoms with E-state index < -0.39 is 6.04 Å². The summed E-state index contributed by atoms with van der Waals surface area (Å²) in [6, 6.07) is 15.3. The highest BCUT2D eigenvalue weighted by Crippen LogP contribution is 2.21. The van der Waals surface area contributed by atoms with Crippen molar-refractivity contribution in [2.24, 2.45) is 0 Å². The van der Waals surface area contributed by atoms with Crippen LogP contribution in [0.15, 0.2) is 59.1 Å². The van der Waals surface area contributed by atoms with Gasteiger partial charge < -0.3 is 9.84 Å². The third kappa shape index (κ3) is 4.60. The van der Waals surface area contributed by atoms with Crippen LogP contribution >= 0.6 is 0 Å². The first-order valence-electron chi connectivity index (χ1n) is 8.66. The number of hydrogen-bond donors (Lipinski definition) is 1. The van der Waals surface area contributed by atoms with Crippen LogP contribution < -0.4 is 5.32 Å². The minimum Gasteiger partial charge on any atom is -0.359 e. The van der Waals surface area contributed by atoms with Crippen molar-refractivity contribution in [2.45, 2.75) is 19.5 Å². The number of nitrogens with zero attached hydrogens (tertiary/aromatic N) is 2. The molecule has 0 aliphatic rings. The Bertz CT molecular complexity index is 936. The van der Waals surface area contributed by atoms with E-state index in [4.69, 9.17) is 4.52 Å². The minimum absolute atomic E-state index is 0.130. The maximum atomic E-state index is 13.3. The van der Waals surface area contributed by atoms with Gasteiger partial charge in [-0.25, -0.2) is 4.39 Å². The van der Waals surface area contributed by atoms with Gasteiger partial charge in [0.1, 0.15) is 17.6 Å². The van der Waals surface area contributed by atoms with Gasteiger partial charge in [-0.3, -0.25) is 9.69 Å². The van der Waals surface area contributed by atoms with Crippen molar-refractivity contribution in [1.29, 1.82) is 0 Å². The first kappa shape index (κ1) is 18.8. The Morgan fingerprint density at radius 3 is 2.67 bits per heavy atom. The molecule has 6 heteroatoms. The third-order valence-electron chi connectivity index (χ3n) is 4.24. The lowest BCUT2D eigenvalue weighted by Gasteiger charge is -2.24. The fraction of sp³-hybridized carbons (Fsp3) is 0.238. The number of hydrogen-bond acceptors (Lipinski definition) is 4. The quantitative estimate of drug-likeness (QED) is 0.722. The topological polar surface area (TPSA) is 58.4 Å². The number of carbonyl (C=O) groups is 1. The van der Waals surface area contributed by atoms with E-state index >= 15 is 0 Å². The number of rotatable bonds is 6. The van der Waals surface area contributed by atoms with Crippen molar-refractivity contribution in [3.05, 3.63) is 77.3 Å². The van der Waals surface area contributed by atoms with Gasteiger partial charge in [0.15, 0.2) is 5.76 Å². The van der Waals surface area contributed by atoms with Crippen LogP contribution in [0.25, 0.3) is 11.3 Å². The lowest BCUT2D eigenvalue weighted by atomic mass is 10.0. The van der Waals surface area contributed by atoms with Crippen LogP contribution in [0.2, 0.25) is 0 Å². The molecule has 140 valence electrons. The highest BCUT2D eigenvalue weighted by atomic mass is 19.1. The Kier molecular flexibility index (Phi) is 5.66.